The molecule has 4 aromatic rings. The highest BCUT2D eigenvalue weighted by Gasteiger charge is 2.17. The third-order valence-corrected chi connectivity index (χ3v) is 5.52. The highest BCUT2D eigenvalue weighted by molar-refractivity contribution is 7.17. The van der Waals surface area contributed by atoms with Crippen molar-refractivity contribution in [2.75, 3.05) is 5.73 Å². The molecule has 0 aliphatic carbocycles. The Balaban J connectivity index is 1.99. The number of hydrogen-bond acceptors (Lipinski definition) is 5. The minimum Gasteiger partial charge on any atom is -0.383 e. The topological polar surface area (TPSA) is 43.3 Å². The number of nitrogens with zero attached hydrogens (tertiary/aromatic N) is 2. The zero-order valence-electron chi connectivity index (χ0n) is 9.74. The first-order valence-corrected chi connectivity index (χ1v) is 8.31. The lowest BCUT2D eigenvalue weighted by Crippen LogP contribution is -1.93. The molecule has 4 rings (SSSR count). The average Bonchev–Trinajstić information content (AvgIpc) is 3.15. The second-order valence-corrected chi connectivity index (χ2v) is 6.77. The molecule has 0 radical (unpaired) electrons. The third-order valence-electron chi connectivity index (χ3n) is 2.93. The smallest absolute Gasteiger partial charge is 0.196 e. The minimum absolute atomic E-state index is 0.724. The zero-order chi connectivity index (χ0) is 12.8. The first-order chi connectivity index (χ1) is 9.34. The number of aromatic nitrogens is 2. The predicted octanol–water partition coefficient (Wildman–Crippen LogP) is 4.44. The maximum absolute atomic E-state index is 6.30. The highest BCUT2D eigenvalue weighted by Crippen LogP contribution is 2.36. The van der Waals surface area contributed by atoms with Gasteiger partial charge in [-0.1, -0.05) is 12.1 Å². The Morgan fingerprint density at radius 3 is 2.42 bits per heavy atom. The van der Waals surface area contributed by atoms with Crippen LogP contribution in [0.3, 0.4) is 0 Å². The summed E-state index contributed by atoms with van der Waals surface area (Å²) < 4.78 is 2.05. The van der Waals surface area contributed by atoms with Crippen molar-refractivity contribution in [2.24, 2.45) is 0 Å². The molecular formula is C13H9N3S3. The van der Waals surface area contributed by atoms with Crippen LogP contribution in [0.1, 0.15) is 0 Å². The van der Waals surface area contributed by atoms with E-state index in [-0.39, 0.29) is 0 Å². The summed E-state index contributed by atoms with van der Waals surface area (Å²) in [6, 6.07) is 8.23. The number of nitrogens with two attached hydrogens (primary N) is 1. The molecule has 0 bridgehead atoms. The summed E-state index contributed by atoms with van der Waals surface area (Å²) in [5.74, 6) is 0.724. The molecule has 0 saturated carbocycles. The first kappa shape index (κ1) is 11.2. The van der Waals surface area contributed by atoms with Gasteiger partial charge >= 0.3 is 0 Å². The fourth-order valence-electron chi connectivity index (χ4n) is 2.07. The largest absolute Gasteiger partial charge is 0.383 e. The Kier molecular flexibility index (Phi) is 2.48. The number of nitrogen functional groups attached to an aromatic ring is 1. The van der Waals surface area contributed by atoms with Crippen LogP contribution in [0, 0.1) is 0 Å². The lowest BCUT2D eigenvalue weighted by Gasteiger charge is -1.99. The van der Waals surface area contributed by atoms with E-state index in [1.807, 2.05) is 15.8 Å². The molecule has 0 amide bonds. The second kappa shape index (κ2) is 4.19. The van der Waals surface area contributed by atoms with E-state index >= 15 is 0 Å². The van der Waals surface area contributed by atoms with Crippen molar-refractivity contribution in [1.29, 1.82) is 0 Å². The number of hydrogen-bond donors (Lipinski definition) is 1. The van der Waals surface area contributed by atoms with Gasteiger partial charge in [0.15, 0.2) is 4.96 Å². The van der Waals surface area contributed by atoms with Crippen molar-refractivity contribution in [3.8, 4) is 21.1 Å². The van der Waals surface area contributed by atoms with Crippen LogP contribution in [0.15, 0.2) is 40.4 Å². The third kappa shape index (κ3) is 1.64. The van der Waals surface area contributed by atoms with Crippen LogP contribution in [0.25, 0.3) is 26.1 Å². The van der Waals surface area contributed by atoms with Gasteiger partial charge in [-0.05, 0) is 22.9 Å². The summed E-state index contributed by atoms with van der Waals surface area (Å²) in [5, 5.41) is 6.23. The highest BCUT2D eigenvalue weighted by atomic mass is 32.1. The molecule has 0 aliphatic heterocycles. The zero-order valence-corrected chi connectivity index (χ0v) is 12.2. The number of imidazole rings is 1. The quantitative estimate of drug-likeness (QED) is 0.595. The minimum atomic E-state index is 0.724. The van der Waals surface area contributed by atoms with Crippen LogP contribution in [-0.2, 0) is 0 Å². The molecule has 0 atom stereocenters. The second-order valence-electron chi connectivity index (χ2n) is 4.04. The maximum atomic E-state index is 6.30. The molecular weight excluding hydrogens is 294 g/mol. The van der Waals surface area contributed by atoms with Crippen LogP contribution < -0.4 is 5.73 Å². The van der Waals surface area contributed by atoms with Crippen LogP contribution >= 0.6 is 34.0 Å². The summed E-state index contributed by atoms with van der Waals surface area (Å²) in [4.78, 5) is 7.94. The standard InChI is InChI=1S/C13H9N3S3/c14-12-11(10-4-2-6-18-10)15-13-16(12)8(7-19-13)9-3-1-5-17-9/h1-7H,14H2. The van der Waals surface area contributed by atoms with Gasteiger partial charge in [-0.2, -0.15) is 0 Å². The molecule has 0 aromatic carbocycles. The monoisotopic (exact) mass is 303 g/mol. The molecule has 6 heteroatoms. The van der Waals surface area contributed by atoms with Crippen molar-refractivity contribution < 1.29 is 0 Å². The molecule has 0 saturated heterocycles. The number of thiophene rings is 2. The normalized spacial score (nSPS) is 11.4. The molecule has 2 N–H and O–H groups in total. The van der Waals surface area contributed by atoms with Crippen LogP contribution in [0.5, 0.6) is 0 Å². The van der Waals surface area contributed by atoms with E-state index in [4.69, 9.17) is 5.73 Å². The molecule has 19 heavy (non-hydrogen) atoms. The van der Waals surface area contributed by atoms with Crippen LogP contribution in [0.2, 0.25) is 0 Å². The summed E-state index contributed by atoms with van der Waals surface area (Å²) >= 11 is 5.01. The van der Waals surface area contributed by atoms with E-state index in [0.717, 1.165) is 27.0 Å². The van der Waals surface area contributed by atoms with Gasteiger partial charge in [0, 0.05) is 5.38 Å². The van der Waals surface area contributed by atoms with Crippen molar-refractivity contribution in [3.63, 3.8) is 0 Å². The van der Waals surface area contributed by atoms with Crippen molar-refractivity contribution in [2.45, 2.75) is 0 Å². The average molecular weight is 303 g/mol. The summed E-state index contributed by atoms with van der Waals surface area (Å²) in [6.07, 6.45) is 0. The Labute approximate surface area is 121 Å². The molecule has 0 spiro atoms. The van der Waals surface area contributed by atoms with E-state index in [1.165, 1.54) is 4.88 Å². The fraction of sp³-hybridized carbons (Fsp3) is 0. The van der Waals surface area contributed by atoms with Gasteiger partial charge in [-0.25, -0.2) is 4.98 Å². The molecule has 3 nitrogen and oxygen atoms in total. The molecule has 0 aliphatic rings. The number of thiazole rings is 1. The number of anilines is 1. The molecule has 94 valence electrons. The van der Waals surface area contributed by atoms with E-state index in [0.29, 0.717) is 0 Å². The predicted molar refractivity (Wildman–Crippen MR) is 84.1 cm³/mol. The van der Waals surface area contributed by atoms with Crippen LogP contribution in [-0.4, -0.2) is 9.38 Å². The molecule has 4 aromatic heterocycles. The van der Waals surface area contributed by atoms with E-state index in [2.05, 4.69) is 33.9 Å². The Hall–Kier alpha value is -1.63. The Morgan fingerprint density at radius 1 is 1.00 bits per heavy atom. The summed E-state index contributed by atoms with van der Waals surface area (Å²) in [5.41, 5.74) is 8.32. The van der Waals surface area contributed by atoms with E-state index in [1.54, 1.807) is 34.0 Å². The lowest BCUT2D eigenvalue weighted by molar-refractivity contribution is 1.25. The summed E-state index contributed by atoms with van der Waals surface area (Å²) in [6.45, 7) is 0. The SMILES string of the molecule is Nc1c(-c2cccs2)nc2scc(-c3cccs3)n12. The van der Waals surface area contributed by atoms with Gasteiger partial charge in [-0.3, -0.25) is 4.40 Å². The van der Waals surface area contributed by atoms with E-state index < -0.39 is 0 Å². The van der Waals surface area contributed by atoms with E-state index in [9.17, 15) is 0 Å². The Bertz CT molecular complexity index is 822. The van der Waals surface area contributed by atoms with Crippen LogP contribution in [0.4, 0.5) is 5.82 Å². The maximum Gasteiger partial charge on any atom is 0.196 e. The van der Waals surface area contributed by atoms with Crippen molar-refractivity contribution in [1.82, 2.24) is 9.38 Å². The van der Waals surface area contributed by atoms with Gasteiger partial charge < -0.3 is 5.73 Å². The molecule has 0 unspecified atom stereocenters. The first-order valence-electron chi connectivity index (χ1n) is 5.68. The molecule has 4 heterocycles. The van der Waals surface area contributed by atoms with Gasteiger partial charge in [0.05, 0.1) is 15.4 Å². The summed E-state index contributed by atoms with van der Waals surface area (Å²) in [7, 11) is 0. The van der Waals surface area contributed by atoms with Gasteiger partial charge in [-0.15, -0.1) is 34.0 Å². The number of rotatable bonds is 2. The van der Waals surface area contributed by atoms with Crippen molar-refractivity contribution >= 4 is 44.8 Å². The van der Waals surface area contributed by atoms with Gasteiger partial charge in [0.1, 0.15) is 11.5 Å². The lowest BCUT2D eigenvalue weighted by atomic mass is 10.3. The van der Waals surface area contributed by atoms with Gasteiger partial charge in [0.2, 0.25) is 0 Å². The number of fused-ring (bicyclic) bond motifs is 1. The van der Waals surface area contributed by atoms with Gasteiger partial charge in [0.25, 0.3) is 0 Å². The fourth-order valence-corrected chi connectivity index (χ4v) is 4.50. The van der Waals surface area contributed by atoms with Crippen molar-refractivity contribution in [3.05, 3.63) is 40.4 Å². The Morgan fingerprint density at radius 2 is 1.74 bits per heavy atom. The molecule has 0 fully saturated rings.